The number of rotatable bonds is 3. The van der Waals surface area contributed by atoms with Gasteiger partial charge >= 0.3 is 0 Å². The minimum Gasteiger partial charge on any atom is -0.336 e. The van der Waals surface area contributed by atoms with Crippen molar-refractivity contribution >= 4 is 28.7 Å². The lowest BCUT2D eigenvalue weighted by Crippen LogP contribution is -2.39. The minimum absolute atomic E-state index is 0.213. The Bertz CT molecular complexity index is 801. The van der Waals surface area contributed by atoms with E-state index in [9.17, 15) is 22.0 Å². The molecule has 1 aliphatic carbocycles. The third-order valence-electron chi connectivity index (χ3n) is 5.15. The maximum Gasteiger partial charge on any atom is 0.200 e. The van der Waals surface area contributed by atoms with E-state index in [1.54, 1.807) is 0 Å². The van der Waals surface area contributed by atoms with Crippen LogP contribution in [-0.2, 0) is 22.5 Å². The van der Waals surface area contributed by atoms with Crippen LogP contribution in [0.15, 0.2) is 12.2 Å². The standard InChI is InChI=1S/C17H18F5OPS2/c1-8(2)9-4-5-17(3)11(6-9)23-24(25,26-17)7-10-12(18)14(20)16(22)15(21)13(10)19/h9,11H,1,4-7H2,2-3H3/t9-,11+,17+,24-/m1/s1. The SMILES string of the molecule is C=C(C)[C@@H]1CC[C@]2(C)S[P@](=S)(Cc3c(F)c(F)c(F)c(F)c3F)O[C@H]2C1. The molecule has 1 aromatic rings. The largest absolute Gasteiger partial charge is 0.336 e. The van der Waals surface area contributed by atoms with Crippen molar-refractivity contribution in [3.8, 4) is 0 Å². The third kappa shape index (κ3) is 3.38. The molecule has 4 atom stereocenters. The number of allylic oxidation sites excluding steroid dienone is 1. The average Bonchev–Trinajstić information content (AvgIpc) is 2.84. The number of benzene rings is 1. The first-order chi connectivity index (χ1) is 12.0. The molecule has 1 heterocycles. The first-order valence-electron chi connectivity index (χ1n) is 8.11. The van der Waals surface area contributed by atoms with Gasteiger partial charge in [-0.3, -0.25) is 0 Å². The molecule has 2 fully saturated rings. The molecule has 0 N–H and O–H groups in total. The highest BCUT2D eigenvalue weighted by molar-refractivity contribution is 8.70. The average molecular weight is 428 g/mol. The molecule has 0 unspecified atom stereocenters. The second-order valence-corrected chi connectivity index (χ2v) is 14.8. The summed E-state index contributed by atoms with van der Waals surface area (Å²) in [5, 5.41) is 0. The molecule has 1 aliphatic heterocycles. The van der Waals surface area contributed by atoms with Gasteiger partial charge in [0, 0.05) is 16.5 Å². The van der Waals surface area contributed by atoms with Gasteiger partial charge in [0.15, 0.2) is 23.3 Å². The lowest BCUT2D eigenvalue weighted by Gasteiger charge is -2.37. The van der Waals surface area contributed by atoms with Gasteiger partial charge in [0.25, 0.3) is 0 Å². The predicted molar refractivity (Wildman–Crippen MR) is 97.2 cm³/mol. The van der Waals surface area contributed by atoms with Gasteiger partial charge in [0.1, 0.15) is 5.47 Å². The summed E-state index contributed by atoms with van der Waals surface area (Å²) in [6, 6.07) is 0. The van der Waals surface area contributed by atoms with E-state index in [0.29, 0.717) is 6.42 Å². The van der Waals surface area contributed by atoms with Gasteiger partial charge in [-0.2, -0.15) is 0 Å². The van der Waals surface area contributed by atoms with Crippen molar-refractivity contribution in [2.24, 2.45) is 5.92 Å². The quantitative estimate of drug-likeness (QED) is 0.180. The van der Waals surface area contributed by atoms with E-state index in [2.05, 4.69) is 6.58 Å². The van der Waals surface area contributed by atoms with Gasteiger partial charge in [0.2, 0.25) is 5.82 Å². The molecule has 0 spiro atoms. The Morgan fingerprint density at radius 3 is 2.27 bits per heavy atom. The van der Waals surface area contributed by atoms with E-state index in [0.717, 1.165) is 18.4 Å². The molecule has 144 valence electrons. The summed E-state index contributed by atoms with van der Waals surface area (Å²) in [7, 11) is 0. The van der Waals surface area contributed by atoms with Crippen molar-refractivity contribution in [3.05, 3.63) is 46.8 Å². The van der Waals surface area contributed by atoms with Crippen molar-refractivity contribution in [2.75, 3.05) is 0 Å². The molecule has 0 aromatic heterocycles. The van der Waals surface area contributed by atoms with Crippen molar-refractivity contribution in [1.29, 1.82) is 0 Å². The molecule has 9 heteroatoms. The summed E-state index contributed by atoms with van der Waals surface area (Å²) in [4.78, 5) is 0. The maximum atomic E-state index is 14.0. The number of halogens is 5. The number of hydrogen-bond acceptors (Lipinski definition) is 3. The van der Waals surface area contributed by atoms with Crippen LogP contribution in [0.2, 0.25) is 0 Å². The van der Waals surface area contributed by atoms with Gasteiger partial charge < -0.3 is 4.52 Å². The van der Waals surface area contributed by atoms with Crippen molar-refractivity contribution in [1.82, 2.24) is 0 Å². The van der Waals surface area contributed by atoms with Crippen LogP contribution in [-0.4, -0.2) is 10.9 Å². The maximum absolute atomic E-state index is 14.0. The van der Waals surface area contributed by atoms with Gasteiger partial charge in [0.05, 0.1) is 6.10 Å². The zero-order chi connectivity index (χ0) is 19.4. The first kappa shape index (κ1) is 20.3. The highest BCUT2D eigenvalue weighted by Crippen LogP contribution is 2.76. The van der Waals surface area contributed by atoms with Crippen LogP contribution in [0.4, 0.5) is 22.0 Å². The molecule has 1 nitrogen and oxygen atoms in total. The molecule has 26 heavy (non-hydrogen) atoms. The first-order valence-corrected chi connectivity index (χ1v) is 12.4. The van der Waals surface area contributed by atoms with E-state index in [-0.39, 0.29) is 16.8 Å². The summed E-state index contributed by atoms with van der Waals surface area (Å²) < 4.78 is 74.0. The topological polar surface area (TPSA) is 9.23 Å². The second-order valence-electron chi connectivity index (χ2n) is 7.13. The summed E-state index contributed by atoms with van der Waals surface area (Å²) in [5.74, 6) is -9.43. The van der Waals surface area contributed by atoms with E-state index in [1.807, 2.05) is 13.8 Å². The minimum atomic E-state index is -2.84. The van der Waals surface area contributed by atoms with Gasteiger partial charge in [-0.1, -0.05) is 35.3 Å². The van der Waals surface area contributed by atoms with Crippen LogP contribution >= 0.6 is 16.8 Å². The van der Waals surface area contributed by atoms with Crippen molar-refractivity contribution in [3.63, 3.8) is 0 Å². The van der Waals surface area contributed by atoms with Crippen LogP contribution in [0, 0.1) is 35.0 Å². The molecule has 2 aliphatic rings. The normalized spacial score (nSPS) is 34.0. The highest BCUT2D eigenvalue weighted by Gasteiger charge is 2.52. The van der Waals surface area contributed by atoms with Crippen LogP contribution in [0.25, 0.3) is 0 Å². The Morgan fingerprint density at radius 2 is 1.73 bits per heavy atom. The van der Waals surface area contributed by atoms with E-state index in [4.69, 9.17) is 16.3 Å². The van der Waals surface area contributed by atoms with E-state index in [1.165, 1.54) is 11.4 Å². The molecular weight excluding hydrogens is 410 g/mol. The fraction of sp³-hybridized carbons (Fsp3) is 0.529. The number of hydrogen-bond donors (Lipinski definition) is 0. The Balaban J connectivity index is 1.91. The van der Waals surface area contributed by atoms with Gasteiger partial charge in [-0.05, 0) is 39.0 Å². The van der Waals surface area contributed by atoms with Crippen LogP contribution < -0.4 is 0 Å². The zero-order valence-corrected chi connectivity index (χ0v) is 16.8. The number of fused-ring (bicyclic) bond motifs is 1. The monoisotopic (exact) mass is 428 g/mol. The molecule has 1 saturated heterocycles. The smallest absolute Gasteiger partial charge is 0.200 e. The summed E-state index contributed by atoms with van der Waals surface area (Å²) >= 11 is 6.88. The molecule has 0 radical (unpaired) electrons. The van der Waals surface area contributed by atoms with Crippen molar-refractivity contribution in [2.45, 2.75) is 50.1 Å². The molecule has 0 amide bonds. The lowest BCUT2D eigenvalue weighted by atomic mass is 9.77. The Kier molecular flexibility index (Phi) is 5.37. The fourth-order valence-electron chi connectivity index (χ4n) is 3.54. The zero-order valence-electron chi connectivity index (χ0n) is 14.3. The Labute approximate surface area is 158 Å². The van der Waals surface area contributed by atoms with Crippen LogP contribution in [0.3, 0.4) is 0 Å². The van der Waals surface area contributed by atoms with Gasteiger partial charge in [-0.15, -0.1) is 0 Å². The predicted octanol–water partition coefficient (Wildman–Crippen LogP) is 6.46. The van der Waals surface area contributed by atoms with Gasteiger partial charge in [-0.25, -0.2) is 22.0 Å². The Morgan fingerprint density at radius 1 is 1.19 bits per heavy atom. The molecule has 0 bridgehead atoms. The second kappa shape index (κ2) is 6.87. The van der Waals surface area contributed by atoms with E-state index >= 15 is 0 Å². The van der Waals surface area contributed by atoms with Crippen molar-refractivity contribution < 1.29 is 26.5 Å². The molecule has 3 rings (SSSR count). The summed E-state index contributed by atoms with van der Waals surface area (Å²) in [6.45, 7) is 7.91. The molecular formula is C17H18F5OPS2. The molecule has 1 saturated carbocycles. The molecule has 1 aromatic carbocycles. The lowest BCUT2D eigenvalue weighted by molar-refractivity contribution is 0.126. The fourth-order valence-corrected chi connectivity index (χ4v) is 12.1. The van der Waals surface area contributed by atoms with Crippen LogP contribution in [0.5, 0.6) is 0 Å². The summed E-state index contributed by atoms with van der Waals surface area (Å²) in [5.41, 5.74) is -2.68. The summed E-state index contributed by atoms with van der Waals surface area (Å²) in [6.07, 6.45) is 1.73. The Hall–Kier alpha value is -0.430. The highest BCUT2D eigenvalue weighted by atomic mass is 32.9. The third-order valence-corrected chi connectivity index (χ3v) is 11.6. The van der Waals surface area contributed by atoms with E-state index < -0.39 is 46.3 Å². The van der Waals surface area contributed by atoms with Crippen LogP contribution in [0.1, 0.15) is 38.7 Å².